The van der Waals surface area contributed by atoms with E-state index >= 15 is 0 Å². The number of aryl methyl sites for hydroxylation is 1. The van der Waals surface area contributed by atoms with Crippen molar-refractivity contribution in [1.29, 1.82) is 0 Å². The molecule has 0 atom stereocenters. The molecular formula is C13H22N4O. The Balaban J connectivity index is 2.05. The number of anilines is 2. The van der Waals surface area contributed by atoms with Crippen LogP contribution in [0, 0.1) is 6.92 Å². The van der Waals surface area contributed by atoms with Gasteiger partial charge in [-0.15, -0.1) is 0 Å². The minimum atomic E-state index is 0.227. The number of hydrogen-bond donors (Lipinski definition) is 2. The molecule has 1 aromatic rings. The van der Waals surface area contributed by atoms with Crippen molar-refractivity contribution < 1.29 is 5.11 Å². The lowest BCUT2D eigenvalue weighted by Gasteiger charge is -2.23. The van der Waals surface area contributed by atoms with Gasteiger partial charge in [0, 0.05) is 32.4 Å². The number of β-amino-alcohol motifs (C(OH)–C–C–N with tert-alkyl or cyclic N) is 1. The molecule has 0 radical (unpaired) electrons. The molecule has 2 rings (SSSR count). The molecule has 5 nitrogen and oxygen atoms in total. The second-order valence-electron chi connectivity index (χ2n) is 4.83. The Morgan fingerprint density at radius 3 is 2.89 bits per heavy atom. The van der Waals surface area contributed by atoms with Crippen molar-refractivity contribution >= 4 is 11.5 Å². The average molecular weight is 250 g/mol. The van der Waals surface area contributed by atoms with Crippen molar-refractivity contribution in [3.63, 3.8) is 0 Å². The highest BCUT2D eigenvalue weighted by atomic mass is 16.3. The number of nitrogen functional groups attached to an aromatic ring is 1. The lowest BCUT2D eigenvalue weighted by Crippen LogP contribution is -2.33. The maximum Gasteiger partial charge on any atom is 0.151 e. The molecule has 0 bridgehead atoms. The van der Waals surface area contributed by atoms with E-state index in [2.05, 4.69) is 14.8 Å². The van der Waals surface area contributed by atoms with Crippen LogP contribution in [0.1, 0.15) is 12.0 Å². The topological polar surface area (TPSA) is 65.6 Å². The number of aromatic nitrogens is 1. The Labute approximate surface area is 108 Å². The number of pyridine rings is 1. The van der Waals surface area contributed by atoms with Gasteiger partial charge in [-0.25, -0.2) is 4.98 Å². The highest BCUT2D eigenvalue weighted by molar-refractivity contribution is 5.63. The van der Waals surface area contributed by atoms with Crippen LogP contribution in [-0.2, 0) is 0 Å². The van der Waals surface area contributed by atoms with E-state index in [4.69, 9.17) is 10.8 Å². The number of nitrogens with zero attached hydrogens (tertiary/aromatic N) is 3. The molecule has 0 saturated carbocycles. The van der Waals surface area contributed by atoms with Crippen LogP contribution >= 0.6 is 0 Å². The van der Waals surface area contributed by atoms with E-state index in [1.807, 2.05) is 19.2 Å². The zero-order valence-corrected chi connectivity index (χ0v) is 11.0. The first kappa shape index (κ1) is 13.1. The summed E-state index contributed by atoms with van der Waals surface area (Å²) in [6, 6.07) is 1.97. The maximum atomic E-state index is 8.98. The summed E-state index contributed by atoms with van der Waals surface area (Å²) >= 11 is 0. The van der Waals surface area contributed by atoms with E-state index < -0.39 is 0 Å². The summed E-state index contributed by atoms with van der Waals surface area (Å²) in [5.41, 5.74) is 7.88. The quantitative estimate of drug-likeness (QED) is 0.816. The van der Waals surface area contributed by atoms with Gasteiger partial charge in [0.25, 0.3) is 0 Å². The first-order valence-electron chi connectivity index (χ1n) is 6.51. The van der Waals surface area contributed by atoms with E-state index in [1.54, 1.807) is 0 Å². The lowest BCUT2D eigenvalue weighted by atomic mass is 10.2. The van der Waals surface area contributed by atoms with Gasteiger partial charge in [-0.05, 0) is 31.5 Å². The first-order chi connectivity index (χ1) is 8.70. The molecule has 2 heterocycles. The Bertz CT molecular complexity index is 397. The standard InChI is InChI=1S/C13H22N4O/c1-11-9-12(14)13(15-10-11)17-4-2-3-16(5-6-17)7-8-18/h9-10,18H,2-8,14H2,1H3. The zero-order chi connectivity index (χ0) is 13.0. The third-order valence-corrected chi connectivity index (χ3v) is 3.34. The van der Waals surface area contributed by atoms with E-state index in [0.717, 1.165) is 56.2 Å². The van der Waals surface area contributed by atoms with Crippen LogP contribution in [0.25, 0.3) is 0 Å². The van der Waals surface area contributed by atoms with Crippen molar-refractivity contribution in [1.82, 2.24) is 9.88 Å². The van der Waals surface area contributed by atoms with E-state index in [-0.39, 0.29) is 6.61 Å². The summed E-state index contributed by atoms with van der Waals surface area (Å²) < 4.78 is 0. The van der Waals surface area contributed by atoms with Crippen LogP contribution in [0.5, 0.6) is 0 Å². The Kier molecular flexibility index (Phi) is 4.38. The molecule has 0 amide bonds. The second kappa shape index (κ2) is 6.02. The number of nitrogens with two attached hydrogens (primary N) is 1. The molecule has 0 aliphatic carbocycles. The monoisotopic (exact) mass is 250 g/mol. The van der Waals surface area contributed by atoms with Crippen LogP contribution in [0.15, 0.2) is 12.3 Å². The molecule has 1 fully saturated rings. The van der Waals surface area contributed by atoms with Crippen molar-refractivity contribution in [2.45, 2.75) is 13.3 Å². The molecule has 3 N–H and O–H groups in total. The smallest absolute Gasteiger partial charge is 0.151 e. The lowest BCUT2D eigenvalue weighted by molar-refractivity contribution is 0.204. The number of aliphatic hydroxyl groups is 1. The van der Waals surface area contributed by atoms with E-state index in [9.17, 15) is 0 Å². The van der Waals surface area contributed by atoms with Gasteiger partial charge in [0.2, 0.25) is 0 Å². The predicted octanol–water partition coefficient (Wildman–Crippen LogP) is 0.477. The van der Waals surface area contributed by atoms with Gasteiger partial charge in [0.15, 0.2) is 5.82 Å². The van der Waals surface area contributed by atoms with Crippen LogP contribution in [0.2, 0.25) is 0 Å². The molecule has 1 aromatic heterocycles. The molecule has 0 aromatic carbocycles. The van der Waals surface area contributed by atoms with Gasteiger partial charge in [-0.3, -0.25) is 4.90 Å². The minimum absolute atomic E-state index is 0.227. The highest BCUT2D eigenvalue weighted by Crippen LogP contribution is 2.22. The summed E-state index contributed by atoms with van der Waals surface area (Å²) in [5, 5.41) is 8.98. The Morgan fingerprint density at radius 2 is 2.17 bits per heavy atom. The number of rotatable bonds is 3. The van der Waals surface area contributed by atoms with Gasteiger partial charge in [0.05, 0.1) is 12.3 Å². The Morgan fingerprint density at radius 1 is 1.33 bits per heavy atom. The van der Waals surface area contributed by atoms with Gasteiger partial charge >= 0.3 is 0 Å². The third-order valence-electron chi connectivity index (χ3n) is 3.34. The maximum absolute atomic E-state index is 8.98. The molecule has 1 aliphatic heterocycles. The van der Waals surface area contributed by atoms with E-state index in [1.165, 1.54) is 0 Å². The summed E-state index contributed by atoms with van der Waals surface area (Å²) in [6.07, 6.45) is 2.94. The van der Waals surface area contributed by atoms with Crippen molar-refractivity contribution in [3.05, 3.63) is 17.8 Å². The average Bonchev–Trinajstić information content (AvgIpc) is 2.55. The SMILES string of the molecule is Cc1cnc(N2CCCN(CCO)CC2)c(N)c1. The second-order valence-corrected chi connectivity index (χ2v) is 4.83. The fraction of sp³-hybridized carbons (Fsp3) is 0.615. The van der Waals surface area contributed by atoms with Gasteiger partial charge < -0.3 is 15.7 Å². The van der Waals surface area contributed by atoms with Crippen LogP contribution in [0.4, 0.5) is 11.5 Å². The van der Waals surface area contributed by atoms with Crippen LogP contribution in [-0.4, -0.2) is 54.3 Å². The molecular weight excluding hydrogens is 228 g/mol. The Hall–Kier alpha value is -1.33. The number of hydrogen-bond acceptors (Lipinski definition) is 5. The zero-order valence-electron chi connectivity index (χ0n) is 11.0. The van der Waals surface area contributed by atoms with Crippen molar-refractivity contribution in [2.24, 2.45) is 0 Å². The summed E-state index contributed by atoms with van der Waals surface area (Å²) in [5.74, 6) is 0.895. The molecule has 1 aliphatic rings. The van der Waals surface area contributed by atoms with E-state index in [0.29, 0.717) is 0 Å². The fourth-order valence-electron chi connectivity index (χ4n) is 2.40. The molecule has 0 spiro atoms. The summed E-state index contributed by atoms with van der Waals surface area (Å²) in [7, 11) is 0. The van der Waals surface area contributed by atoms with Crippen LogP contribution < -0.4 is 10.6 Å². The van der Waals surface area contributed by atoms with Gasteiger partial charge in [-0.2, -0.15) is 0 Å². The molecule has 18 heavy (non-hydrogen) atoms. The molecule has 0 unspecified atom stereocenters. The fourth-order valence-corrected chi connectivity index (χ4v) is 2.40. The molecule has 1 saturated heterocycles. The van der Waals surface area contributed by atoms with Crippen molar-refractivity contribution in [3.8, 4) is 0 Å². The third kappa shape index (κ3) is 3.11. The van der Waals surface area contributed by atoms with Crippen LogP contribution in [0.3, 0.4) is 0 Å². The van der Waals surface area contributed by atoms with Crippen molar-refractivity contribution in [2.75, 3.05) is 50.0 Å². The largest absolute Gasteiger partial charge is 0.396 e. The van der Waals surface area contributed by atoms with Gasteiger partial charge in [0.1, 0.15) is 0 Å². The predicted molar refractivity (Wildman–Crippen MR) is 73.7 cm³/mol. The summed E-state index contributed by atoms with van der Waals surface area (Å²) in [4.78, 5) is 8.97. The number of aliphatic hydroxyl groups excluding tert-OH is 1. The normalized spacial score (nSPS) is 17.8. The highest BCUT2D eigenvalue weighted by Gasteiger charge is 2.17. The molecule has 5 heteroatoms. The minimum Gasteiger partial charge on any atom is -0.396 e. The van der Waals surface area contributed by atoms with Gasteiger partial charge in [-0.1, -0.05) is 0 Å². The molecule has 100 valence electrons. The summed E-state index contributed by atoms with van der Waals surface area (Å²) in [6.45, 7) is 6.86. The first-order valence-corrected chi connectivity index (χ1v) is 6.51.